The Kier molecular flexibility index (Phi) is 5.14. The lowest BCUT2D eigenvalue weighted by molar-refractivity contribution is 0.356. The number of hydrogen-bond donors (Lipinski definition) is 4. The van der Waals surface area contributed by atoms with Crippen LogP contribution in [0.3, 0.4) is 0 Å². The van der Waals surface area contributed by atoms with Crippen LogP contribution in [0.5, 0.6) is 0 Å². The molecule has 0 aromatic rings. The van der Waals surface area contributed by atoms with Crippen LogP contribution in [-0.4, -0.2) is 19.6 Å². The summed E-state index contributed by atoms with van der Waals surface area (Å²) in [5.74, 6) is 0.275. The van der Waals surface area contributed by atoms with Crippen molar-refractivity contribution in [3.63, 3.8) is 0 Å². The Balaban J connectivity index is 2.77. The zero-order chi connectivity index (χ0) is 13.1. The molecule has 1 fully saturated rings. The van der Waals surface area contributed by atoms with E-state index in [-0.39, 0.29) is 5.92 Å². The third kappa shape index (κ3) is 5.04. The first-order valence-electron chi connectivity index (χ1n) is 5.53. The van der Waals surface area contributed by atoms with Gasteiger partial charge in [-0.05, 0) is 12.3 Å². The second-order valence-electron chi connectivity index (χ2n) is 4.39. The fourth-order valence-electron chi connectivity index (χ4n) is 2.10. The van der Waals surface area contributed by atoms with Crippen molar-refractivity contribution >= 4 is 15.2 Å². The molecule has 0 aromatic heterocycles. The predicted octanol–water partition coefficient (Wildman–Crippen LogP) is 2.15. The molecule has 100 valence electrons. The topological polar surface area (TPSA) is 115 Å². The molecular weight excluding hydrogens is 266 g/mol. The molecule has 1 aliphatic carbocycles. The molecule has 4 N–H and O–H groups in total. The van der Waals surface area contributed by atoms with Gasteiger partial charge < -0.3 is 19.6 Å². The highest BCUT2D eigenvalue weighted by molar-refractivity contribution is 7.77. The fourth-order valence-corrected chi connectivity index (χ4v) is 4.15. The summed E-state index contributed by atoms with van der Waals surface area (Å²) in [4.78, 5) is 35.6. The van der Waals surface area contributed by atoms with Gasteiger partial charge in [0.25, 0.3) is 0 Å². The first kappa shape index (κ1) is 15.1. The highest BCUT2D eigenvalue weighted by Gasteiger charge is 2.35. The molecule has 0 aromatic carbocycles. The first-order valence-corrected chi connectivity index (χ1v) is 8.76. The van der Waals surface area contributed by atoms with Gasteiger partial charge in [-0.25, -0.2) is 0 Å². The molecule has 0 amide bonds. The number of allylic oxidation sites excluding steroid dienone is 1. The summed E-state index contributed by atoms with van der Waals surface area (Å²) in [5.41, 5.74) is 0. The molecule has 0 spiro atoms. The molecule has 17 heavy (non-hydrogen) atoms. The maximum Gasteiger partial charge on any atom is 0.364 e. The third-order valence-electron chi connectivity index (χ3n) is 2.96. The van der Waals surface area contributed by atoms with E-state index in [0.29, 0.717) is 6.42 Å². The maximum atomic E-state index is 11.0. The van der Waals surface area contributed by atoms with Crippen LogP contribution in [0.25, 0.3) is 0 Å². The van der Waals surface area contributed by atoms with Crippen LogP contribution in [0.2, 0.25) is 0 Å². The maximum absolute atomic E-state index is 11.0. The minimum Gasteiger partial charge on any atom is -0.321 e. The lowest BCUT2D eigenvalue weighted by Crippen LogP contribution is -2.05. The molecular formula is C9H18O6P2. The average molecular weight is 284 g/mol. The van der Waals surface area contributed by atoms with Gasteiger partial charge in [-0.3, -0.25) is 9.13 Å². The van der Waals surface area contributed by atoms with E-state index < -0.39 is 20.2 Å². The summed E-state index contributed by atoms with van der Waals surface area (Å²) < 4.78 is 22.0. The Morgan fingerprint density at radius 3 is 1.88 bits per heavy atom. The second kappa shape index (κ2) is 5.79. The highest BCUT2D eigenvalue weighted by Crippen LogP contribution is 2.64. The smallest absolute Gasteiger partial charge is 0.321 e. The van der Waals surface area contributed by atoms with Gasteiger partial charge in [0.1, 0.15) is 5.06 Å². The Morgan fingerprint density at radius 1 is 1.00 bits per heavy atom. The van der Waals surface area contributed by atoms with Crippen molar-refractivity contribution in [1.82, 2.24) is 0 Å². The van der Waals surface area contributed by atoms with Crippen molar-refractivity contribution in [1.29, 1.82) is 0 Å². The number of rotatable bonds is 4. The molecule has 0 atom stereocenters. The molecule has 1 aliphatic rings. The molecule has 0 bridgehead atoms. The van der Waals surface area contributed by atoms with E-state index in [2.05, 4.69) is 0 Å². The predicted molar refractivity (Wildman–Crippen MR) is 63.4 cm³/mol. The SMILES string of the molecule is O=P(O)(O)C(=CCC1CCCCC1)P(=O)(O)O. The molecule has 6 nitrogen and oxygen atoms in total. The van der Waals surface area contributed by atoms with Crippen LogP contribution in [-0.2, 0) is 9.13 Å². The summed E-state index contributed by atoms with van der Waals surface area (Å²) in [7, 11) is -9.73. The lowest BCUT2D eigenvalue weighted by atomic mass is 9.87. The fraction of sp³-hybridized carbons (Fsp3) is 0.778. The van der Waals surface area contributed by atoms with Crippen LogP contribution in [0.15, 0.2) is 11.1 Å². The van der Waals surface area contributed by atoms with E-state index in [1.807, 2.05) is 0 Å². The van der Waals surface area contributed by atoms with Gasteiger partial charge in [-0.15, -0.1) is 0 Å². The van der Waals surface area contributed by atoms with Crippen LogP contribution in [0.1, 0.15) is 38.5 Å². The minimum absolute atomic E-state index is 0.275. The van der Waals surface area contributed by atoms with E-state index >= 15 is 0 Å². The zero-order valence-corrected chi connectivity index (χ0v) is 11.2. The Morgan fingerprint density at radius 2 is 1.47 bits per heavy atom. The van der Waals surface area contributed by atoms with E-state index in [1.165, 1.54) is 0 Å². The normalized spacial score (nSPS) is 19.1. The highest BCUT2D eigenvalue weighted by atomic mass is 31.2. The van der Waals surface area contributed by atoms with Gasteiger partial charge in [-0.1, -0.05) is 38.2 Å². The molecule has 0 saturated heterocycles. The molecule has 1 rings (SSSR count). The van der Waals surface area contributed by atoms with E-state index in [1.54, 1.807) is 0 Å². The van der Waals surface area contributed by atoms with Gasteiger partial charge in [-0.2, -0.15) is 0 Å². The Hall–Kier alpha value is 0.0400. The zero-order valence-electron chi connectivity index (χ0n) is 9.40. The van der Waals surface area contributed by atoms with Crippen LogP contribution in [0.4, 0.5) is 0 Å². The van der Waals surface area contributed by atoms with Crippen molar-refractivity contribution in [2.45, 2.75) is 38.5 Å². The van der Waals surface area contributed by atoms with Crippen molar-refractivity contribution in [3.8, 4) is 0 Å². The summed E-state index contributed by atoms with van der Waals surface area (Å²) in [6.45, 7) is 0. The molecule has 0 aliphatic heterocycles. The molecule has 0 heterocycles. The van der Waals surface area contributed by atoms with Gasteiger partial charge in [0.15, 0.2) is 0 Å². The Bertz CT molecular complexity index is 349. The van der Waals surface area contributed by atoms with Gasteiger partial charge in [0.05, 0.1) is 0 Å². The van der Waals surface area contributed by atoms with Crippen molar-refractivity contribution < 1.29 is 28.7 Å². The largest absolute Gasteiger partial charge is 0.364 e. The molecule has 1 saturated carbocycles. The van der Waals surface area contributed by atoms with Gasteiger partial charge in [0.2, 0.25) is 0 Å². The molecule has 0 radical (unpaired) electrons. The van der Waals surface area contributed by atoms with Gasteiger partial charge >= 0.3 is 15.2 Å². The van der Waals surface area contributed by atoms with Gasteiger partial charge in [0, 0.05) is 0 Å². The number of hydrogen-bond acceptors (Lipinski definition) is 2. The molecule has 0 unspecified atom stereocenters. The van der Waals surface area contributed by atoms with Crippen LogP contribution in [0, 0.1) is 5.92 Å². The van der Waals surface area contributed by atoms with E-state index in [9.17, 15) is 9.13 Å². The van der Waals surface area contributed by atoms with Crippen molar-refractivity contribution in [2.24, 2.45) is 5.92 Å². The first-order chi connectivity index (χ1) is 7.71. The standard InChI is InChI=1S/C9H18O6P2/c10-16(11,12)9(17(13,14)15)7-6-8-4-2-1-3-5-8/h7-8H,1-6H2,(H2,10,11,12)(H2,13,14,15). The summed E-state index contributed by atoms with van der Waals surface area (Å²) in [6, 6.07) is 0. The van der Waals surface area contributed by atoms with Crippen molar-refractivity contribution in [2.75, 3.05) is 0 Å². The van der Waals surface area contributed by atoms with Crippen molar-refractivity contribution in [3.05, 3.63) is 11.1 Å². The van der Waals surface area contributed by atoms with Crippen LogP contribution >= 0.6 is 15.2 Å². The average Bonchev–Trinajstić information content (AvgIpc) is 2.15. The third-order valence-corrected chi connectivity index (χ3v) is 6.08. The monoisotopic (exact) mass is 284 g/mol. The Labute approximate surface area is 100 Å². The van der Waals surface area contributed by atoms with E-state index in [0.717, 1.165) is 38.2 Å². The quantitative estimate of drug-likeness (QED) is 0.588. The molecule has 8 heteroatoms. The lowest BCUT2D eigenvalue weighted by Gasteiger charge is -2.20. The summed E-state index contributed by atoms with van der Waals surface area (Å²) in [5, 5.41) is -1.03. The summed E-state index contributed by atoms with van der Waals surface area (Å²) in [6.07, 6.45) is 6.56. The van der Waals surface area contributed by atoms with E-state index in [4.69, 9.17) is 19.6 Å². The minimum atomic E-state index is -4.87. The van der Waals surface area contributed by atoms with Crippen LogP contribution < -0.4 is 0 Å². The second-order valence-corrected chi connectivity index (χ2v) is 7.88. The summed E-state index contributed by atoms with van der Waals surface area (Å²) >= 11 is 0.